The number of hydrogen-bond acceptors (Lipinski definition) is 2. The van der Waals surface area contributed by atoms with Crippen molar-refractivity contribution in [2.75, 3.05) is 0 Å². The molecule has 9 aromatic carbocycles. The van der Waals surface area contributed by atoms with E-state index in [1.54, 1.807) is 0 Å². The molecule has 0 amide bonds. The zero-order valence-corrected chi connectivity index (χ0v) is 32.0. The molecule has 58 heavy (non-hydrogen) atoms. The summed E-state index contributed by atoms with van der Waals surface area (Å²) in [5.41, 5.74) is 13.7. The minimum atomic E-state index is 0.914. The van der Waals surface area contributed by atoms with Crippen LogP contribution in [-0.4, -0.2) is 9.13 Å². The summed E-state index contributed by atoms with van der Waals surface area (Å²) in [6.07, 6.45) is 0. The van der Waals surface area contributed by atoms with Gasteiger partial charge in [-0.1, -0.05) is 127 Å². The van der Waals surface area contributed by atoms with Gasteiger partial charge >= 0.3 is 0 Å². The minimum Gasteiger partial charge on any atom is -0.455 e. The zero-order chi connectivity index (χ0) is 37.9. The smallest absolute Gasteiger partial charge is 0.143 e. The lowest BCUT2D eigenvalue weighted by molar-refractivity contribution is 0.670. The van der Waals surface area contributed by atoms with E-state index in [2.05, 4.69) is 191 Å². The van der Waals surface area contributed by atoms with Gasteiger partial charge in [-0.2, -0.15) is 0 Å². The third-order valence-corrected chi connectivity index (χ3v) is 13.3. The van der Waals surface area contributed by atoms with E-state index in [9.17, 15) is 0 Å². The van der Waals surface area contributed by atoms with E-state index in [-0.39, 0.29) is 0 Å². The van der Waals surface area contributed by atoms with Gasteiger partial charge in [0.1, 0.15) is 11.2 Å². The van der Waals surface area contributed by atoms with E-state index >= 15 is 0 Å². The lowest BCUT2D eigenvalue weighted by Crippen LogP contribution is -1.94. The quantitative estimate of drug-likeness (QED) is 0.175. The fourth-order valence-corrected chi connectivity index (χ4v) is 10.7. The molecule has 0 aliphatic rings. The Kier molecular flexibility index (Phi) is 6.60. The molecule has 0 bridgehead atoms. The number of furan rings is 1. The molecule has 3 nitrogen and oxygen atoms in total. The van der Waals surface area contributed by atoms with Crippen molar-refractivity contribution in [2.45, 2.75) is 0 Å². The Hall–Kier alpha value is -7.40. The Morgan fingerprint density at radius 1 is 0.362 bits per heavy atom. The van der Waals surface area contributed by atoms with Crippen molar-refractivity contribution in [1.29, 1.82) is 0 Å². The molecule has 0 aliphatic carbocycles. The summed E-state index contributed by atoms with van der Waals surface area (Å²) < 4.78 is 13.9. The Morgan fingerprint density at radius 3 is 1.79 bits per heavy atom. The van der Waals surface area contributed by atoms with Crippen LogP contribution < -0.4 is 0 Å². The number of hydrogen-bond donors (Lipinski definition) is 0. The van der Waals surface area contributed by atoms with Crippen molar-refractivity contribution in [3.8, 4) is 33.6 Å². The molecule has 0 atom stereocenters. The molecular weight excluding hydrogens is 725 g/mol. The van der Waals surface area contributed by atoms with E-state index in [4.69, 9.17) is 4.42 Å². The first-order valence-electron chi connectivity index (χ1n) is 19.8. The summed E-state index contributed by atoms with van der Waals surface area (Å²) >= 11 is 1.89. The van der Waals surface area contributed by atoms with Crippen molar-refractivity contribution >= 4 is 97.1 Å². The van der Waals surface area contributed by atoms with Crippen LogP contribution in [0.25, 0.3) is 119 Å². The number of aromatic nitrogens is 2. The first-order valence-corrected chi connectivity index (χ1v) is 20.6. The van der Waals surface area contributed by atoms with Crippen LogP contribution in [-0.2, 0) is 0 Å². The molecule has 270 valence electrons. The maximum absolute atomic E-state index is 6.44. The average Bonchev–Trinajstić information content (AvgIpc) is 4.04. The van der Waals surface area contributed by atoms with Crippen molar-refractivity contribution in [3.05, 3.63) is 194 Å². The second-order valence-corrected chi connectivity index (χ2v) is 16.3. The molecule has 13 rings (SSSR count). The molecule has 0 aliphatic heterocycles. The van der Waals surface area contributed by atoms with Gasteiger partial charge in [0.2, 0.25) is 0 Å². The number of thiophene rings is 1. The van der Waals surface area contributed by atoms with Crippen LogP contribution in [0.3, 0.4) is 0 Å². The maximum atomic E-state index is 6.44. The lowest BCUT2D eigenvalue weighted by Gasteiger charge is -2.11. The summed E-state index contributed by atoms with van der Waals surface area (Å²) in [5.74, 6) is 0. The largest absolute Gasteiger partial charge is 0.455 e. The van der Waals surface area contributed by atoms with Gasteiger partial charge in [-0.05, 0) is 83.4 Å². The molecule has 0 saturated carbocycles. The molecule has 0 unspecified atom stereocenters. The van der Waals surface area contributed by atoms with Gasteiger partial charge < -0.3 is 13.6 Å². The molecule has 0 fully saturated rings. The second kappa shape index (κ2) is 12.1. The normalized spacial score (nSPS) is 12.1. The van der Waals surface area contributed by atoms with Crippen molar-refractivity contribution in [3.63, 3.8) is 0 Å². The molecule has 0 N–H and O–H groups in total. The first-order chi connectivity index (χ1) is 28.8. The number of rotatable bonds is 4. The molecule has 0 saturated heterocycles. The highest BCUT2D eigenvalue weighted by molar-refractivity contribution is 7.26. The molecule has 4 aromatic heterocycles. The highest BCUT2D eigenvalue weighted by Crippen LogP contribution is 2.45. The topological polar surface area (TPSA) is 23.0 Å². The highest BCUT2D eigenvalue weighted by Gasteiger charge is 2.20. The van der Waals surface area contributed by atoms with Crippen LogP contribution in [0.4, 0.5) is 0 Å². The van der Waals surface area contributed by atoms with Crippen LogP contribution in [0.5, 0.6) is 0 Å². The van der Waals surface area contributed by atoms with Gasteiger partial charge in [-0.15, -0.1) is 11.3 Å². The maximum Gasteiger partial charge on any atom is 0.143 e. The van der Waals surface area contributed by atoms with Crippen molar-refractivity contribution < 1.29 is 4.42 Å². The van der Waals surface area contributed by atoms with Crippen molar-refractivity contribution in [1.82, 2.24) is 9.13 Å². The van der Waals surface area contributed by atoms with Gasteiger partial charge in [0, 0.05) is 64.7 Å². The van der Waals surface area contributed by atoms with E-state index < -0.39 is 0 Å². The highest BCUT2D eigenvalue weighted by atomic mass is 32.1. The standard InChI is InChI=1S/C54H32N2OS/c1-2-11-36(12-3-1)55-47-18-7-4-13-39(47)45-31-34(23-29-48(45)55)35-24-30-49-46(32-35)42-27-28-44-41-15-6-9-20-51(41)58-54(44)52(42)56(49)37-25-21-33(22-26-37)38-16-10-17-43-40-14-5-8-19-50(40)57-53(38)43/h1-32H. The summed E-state index contributed by atoms with van der Waals surface area (Å²) in [6, 6.07) is 70.6. The Bertz CT molecular complexity index is 3790. The fraction of sp³-hybridized carbons (Fsp3) is 0. The van der Waals surface area contributed by atoms with Crippen LogP contribution in [0.2, 0.25) is 0 Å². The minimum absolute atomic E-state index is 0.914. The molecule has 4 heterocycles. The second-order valence-electron chi connectivity index (χ2n) is 15.3. The summed E-state index contributed by atoms with van der Waals surface area (Å²) in [5, 5.41) is 9.90. The lowest BCUT2D eigenvalue weighted by atomic mass is 10.0. The van der Waals surface area contributed by atoms with Gasteiger partial charge in [0.05, 0.1) is 26.8 Å². The predicted octanol–water partition coefficient (Wildman–Crippen LogP) is 15.5. The van der Waals surface area contributed by atoms with Crippen LogP contribution in [0.1, 0.15) is 0 Å². The van der Waals surface area contributed by atoms with Crippen LogP contribution in [0.15, 0.2) is 199 Å². The molecule has 0 spiro atoms. The Balaban J connectivity index is 1.01. The third-order valence-electron chi connectivity index (χ3n) is 12.1. The van der Waals surface area contributed by atoms with Gasteiger partial charge in [-0.3, -0.25) is 0 Å². The number of benzene rings is 9. The summed E-state index contributed by atoms with van der Waals surface area (Å²) in [4.78, 5) is 0. The first kappa shape index (κ1) is 31.8. The van der Waals surface area contributed by atoms with Gasteiger partial charge in [-0.25, -0.2) is 0 Å². The summed E-state index contributed by atoms with van der Waals surface area (Å²) in [6.45, 7) is 0. The molecule has 0 radical (unpaired) electrons. The van der Waals surface area contributed by atoms with E-state index in [0.717, 1.165) is 38.8 Å². The van der Waals surface area contributed by atoms with E-state index in [1.807, 2.05) is 23.5 Å². The summed E-state index contributed by atoms with van der Waals surface area (Å²) in [7, 11) is 0. The van der Waals surface area contributed by atoms with E-state index in [1.165, 1.54) is 80.6 Å². The monoisotopic (exact) mass is 756 g/mol. The molecular formula is C54H32N2OS. The fourth-order valence-electron chi connectivity index (χ4n) is 9.50. The van der Waals surface area contributed by atoms with Crippen molar-refractivity contribution in [2.24, 2.45) is 0 Å². The van der Waals surface area contributed by atoms with Gasteiger partial charge in [0.25, 0.3) is 0 Å². The zero-order valence-electron chi connectivity index (χ0n) is 31.2. The third kappa shape index (κ3) is 4.49. The average molecular weight is 757 g/mol. The Morgan fingerprint density at radius 2 is 0.966 bits per heavy atom. The number of para-hydroxylation sites is 4. The van der Waals surface area contributed by atoms with E-state index in [0.29, 0.717) is 0 Å². The van der Waals surface area contributed by atoms with Crippen LogP contribution >= 0.6 is 11.3 Å². The SMILES string of the molecule is c1ccc(-n2c3ccccc3c3cc(-c4ccc5c(c4)c4ccc6c7ccccc7sc6c4n5-c4ccc(-c5cccc6c5oc5ccccc56)cc4)ccc32)cc1. The molecule has 4 heteroatoms. The predicted molar refractivity (Wildman–Crippen MR) is 246 cm³/mol. The molecule has 13 aromatic rings. The van der Waals surface area contributed by atoms with Crippen LogP contribution in [0, 0.1) is 0 Å². The number of fused-ring (bicyclic) bond motifs is 13. The van der Waals surface area contributed by atoms with Gasteiger partial charge in [0.15, 0.2) is 0 Å². The number of nitrogens with zero attached hydrogens (tertiary/aromatic N) is 2. The Labute approximate surface area is 336 Å².